The number of aromatic nitrogens is 1. The first-order valence-electron chi connectivity index (χ1n) is 6.23. The summed E-state index contributed by atoms with van der Waals surface area (Å²) in [5.41, 5.74) is 2.34. The zero-order chi connectivity index (χ0) is 13.5. The first-order valence-corrected chi connectivity index (χ1v) is 6.23. The molecule has 4 heteroatoms. The van der Waals surface area contributed by atoms with Gasteiger partial charge in [0.05, 0.1) is 11.9 Å². The molecule has 0 saturated heterocycles. The summed E-state index contributed by atoms with van der Waals surface area (Å²) in [5, 5.41) is 0. The number of hydrogen-bond acceptors (Lipinski definition) is 3. The normalized spacial score (nSPS) is 9.45. The predicted octanol–water partition coefficient (Wildman–Crippen LogP) is 3.70. The third kappa shape index (κ3) is 4.59. The van der Waals surface area contributed by atoms with Crippen LogP contribution in [0.5, 0.6) is 5.75 Å². The minimum Gasteiger partial charge on any atom is -0.490 e. The average Bonchev–Trinajstić information content (AvgIpc) is 2.47. The number of anilines is 1. The standard InChI is InChI=1S/C16H18N2O.ClH/c1-3-11-19-16-8-6-14(7-9-16)13-18(2)15-5-4-10-17-12-15;/h3-10,12H,1,11,13H2,2H3;1H. The van der Waals surface area contributed by atoms with Crippen LogP contribution in [0.1, 0.15) is 5.56 Å². The molecule has 0 atom stereocenters. The maximum absolute atomic E-state index is 5.46. The summed E-state index contributed by atoms with van der Waals surface area (Å²) in [6, 6.07) is 12.1. The molecule has 2 aromatic rings. The fourth-order valence-electron chi connectivity index (χ4n) is 1.79. The summed E-state index contributed by atoms with van der Waals surface area (Å²) in [4.78, 5) is 6.28. The van der Waals surface area contributed by atoms with Gasteiger partial charge in [0.2, 0.25) is 0 Å². The summed E-state index contributed by atoms with van der Waals surface area (Å²) >= 11 is 0. The molecule has 20 heavy (non-hydrogen) atoms. The molecule has 0 fully saturated rings. The van der Waals surface area contributed by atoms with Crippen LogP contribution in [0.15, 0.2) is 61.4 Å². The van der Waals surface area contributed by atoms with E-state index in [0.717, 1.165) is 18.0 Å². The lowest BCUT2D eigenvalue weighted by Gasteiger charge is -2.18. The minimum absolute atomic E-state index is 0. The molecular weight excluding hydrogens is 272 g/mol. The van der Waals surface area contributed by atoms with Crippen LogP contribution in [-0.2, 0) is 6.54 Å². The van der Waals surface area contributed by atoms with Gasteiger partial charge in [0.25, 0.3) is 0 Å². The summed E-state index contributed by atoms with van der Waals surface area (Å²) < 4.78 is 5.46. The lowest BCUT2D eigenvalue weighted by Crippen LogP contribution is -2.16. The van der Waals surface area contributed by atoms with Crippen molar-refractivity contribution in [2.45, 2.75) is 6.54 Å². The van der Waals surface area contributed by atoms with E-state index in [4.69, 9.17) is 4.74 Å². The van der Waals surface area contributed by atoms with Gasteiger partial charge in [0, 0.05) is 19.8 Å². The molecule has 0 spiro atoms. The number of rotatable bonds is 6. The molecule has 3 nitrogen and oxygen atoms in total. The van der Waals surface area contributed by atoms with Crippen molar-refractivity contribution in [2.75, 3.05) is 18.6 Å². The molecule has 0 radical (unpaired) electrons. The Hall–Kier alpha value is -2.00. The third-order valence-electron chi connectivity index (χ3n) is 2.80. The number of halogens is 1. The highest BCUT2D eigenvalue weighted by Gasteiger charge is 2.02. The van der Waals surface area contributed by atoms with Crippen molar-refractivity contribution in [1.29, 1.82) is 0 Å². The summed E-state index contributed by atoms with van der Waals surface area (Å²) in [5.74, 6) is 0.868. The van der Waals surface area contributed by atoms with E-state index in [-0.39, 0.29) is 12.4 Å². The molecule has 0 unspecified atom stereocenters. The van der Waals surface area contributed by atoms with Gasteiger partial charge in [-0.15, -0.1) is 12.4 Å². The van der Waals surface area contributed by atoms with Crippen molar-refractivity contribution in [2.24, 2.45) is 0 Å². The van der Waals surface area contributed by atoms with Crippen molar-refractivity contribution in [3.63, 3.8) is 0 Å². The topological polar surface area (TPSA) is 25.4 Å². The molecular formula is C16H19ClN2O. The number of nitrogens with zero attached hydrogens (tertiary/aromatic N) is 2. The molecule has 0 saturated carbocycles. The van der Waals surface area contributed by atoms with Crippen LogP contribution in [0.3, 0.4) is 0 Å². The van der Waals surface area contributed by atoms with Gasteiger partial charge in [-0.3, -0.25) is 4.98 Å². The molecule has 1 heterocycles. The van der Waals surface area contributed by atoms with Crippen molar-refractivity contribution in [3.05, 3.63) is 67.0 Å². The third-order valence-corrected chi connectivity index (χ3v) is 2.80. The quantitative estimate of drug-likeness (QED) is 0.759. The van der Waals surface area contributed by atoms with Gasteiger partial charge in [0.1, 0.15) is 12.4 Å². The highest BCUT2D eigenvalue weighted by molar-refractivity contribution is 5.85. The Morgan fingerprint density at radius 3 is 2.60 bits per heavy atom. The van der Waals surface area contributed by atoms with Gasteiger partial charge in [-0.1, -0.05) is 24.8 Å². The second kappa shape index (κ2) is 8.23. The van der Waals surface area contributed by atoms with E-state index in [1.54, 1.807) is 12.3 Å². The lowest BCUT2D eigenvalue weighted by molar-refractivity contribution is 0.363. The zero-order valence-electron chi connectivity index (χ0n) is 11.5. The fourth-order valence-corrected chi connectivity index (χ4v) is 1.79. The smallest absolute Gasteiger partial charge is 0.119 e. The van der Waals surface area contributed by atoms with E-state index in [2.05, 4.69) is 41.7 Å². The van der Waals surface area contributed by atoms with Crippen LogP contribution in [0.4, 0.5) is 5.69 Å². The maximum atomic E-state index is 5.46. The van der Waals surface area contributed by atoms with E-state index in [1.165, 1.54) is 5.56 Å². The molecule has 0 aliphatic carbocycles. The first kappa shape index (κ1) is 16.1. The van der Waals surface area contributed by atoms with Gasteiger partial charge in [0.15, 0.2) is 0 Å². The molecule has 0 bridgehead atoms. The van der Waals surface area contributed by atoms with Crippen LogP contribution in [0, 0.1) is 0 Å². The Labute approximate surface area is 126 Å². The minimum atomic E-state index is 0. The highest BCUT2D eigenvalue weighted by Crippen LogP contribution is 2.16. The van der Waals surface area contributed by atoms with Crippen molar-refractivity contribution < 1.29 is 4.74 Å². The molecule has 106 valence electrons. The maximum Gasteiger partial charge on any atom is 0.119 e. The molecule has 0 N–H and O–H groups in total. The number of pyridine rings is 1. The Bertz CT molecular complexity index is 514. The summed E-state index contributed by atoms with van der Waals surface area (Å²) in [6.07, 6.45) is 5.38. The van der Waals surface area contributed by atoms with Crippen molar-refractivity contribution >= 4 is 18.1 Å². The van der Waals surface area contributed by atoms with Gasteiger partial charge < -0.3 is 9.64 Å². The van der Waals surface area contributed by atoms with Gasteiger partial charge in [-0.2, -0.15) is 0 Å². The average molecular weight is 291 g/mol. The summed E-state index contributed by atoms with van der Waals surface area (Å²) in [6.45, 7) is 5.01. The molecule has 0 aliphatic rings. The number of hydrogen-bond donors (Lipinski definition) is 0. The Morgan fingerprint density at radius 2 is 2.00 bits per heavy atom. The Balaban J connectivity index is 0.00000200. The van der Waals surface area contributed by atoms with Crippen molar-refractivity contribution in [3.8, 4) is 5.75 Å². The predicted molar refractivity (Wildman–Crippen MR) is 85.7 cm³/mol. The largest absolute Gasteiger partial charge is 0.490 e. The van der Waals surface area contributed by atoms with E-state index < -0.39 is 0 Å². The van der Waals surface area contributed by atoms with Gasteiger partial charge >= 0.3 is 0 Å². The lowest BCUT2D eigenvalue weighted by atomic mass is 10.2. The van der Waals surface area contributed by atoms with E-state index >= 15 is 0 Å². The van der Waals surface area contributed by atoms with Crippen LogP contribution in [0.2, 0.25) is 0 Å². The van der Waals surface area contributed by atoms with Crippen LogP contribution >= 0.6 is 12.4 Å². The van der Waals surface area contributed by atoms with Crippen LogP contribution in [0.25, 0.3) is 0 Å². The van der Waals surface area contributed by atoms with E-state index in [9.17, 15) is 0 Å². The monoisotopic (exact) mass is 290 g/mol. The number of benzene rings is 1. The van der Waals surface area contributed by atoms with Gasteiger partial charge in [-0.05, 0) is 29.8 Å². The molecule has 2 rings (SSSR count). The second-order valence-electron chi connectivity index (χ2n) is 4.31. The SMILES string of the molecule is C=CCOc1ccc(CN(C)c2cccnc2)cc1.Cl. The number of ether oxygens (including phenoxy) is 1. The summed E-state index contributed by atoms with van der Waals surface area (Å²) in [7, 11) is 2.05. The second-order valence-corrected chi connectivity index (χ2v) is 4.31. The Morgan fingerprint density at radius 1 is 1.25 bits per heavy atom. The van der Waals surface area contributed by atoms with Crippen LogP contribution in [-0.4, -0.2) is 18.6 Å². The Kier molecular flexibility index (Phi) is 6.60. The molecule has 0 amide bonds. The molecule has 1 aromatic carbocycles. The zero-order valence-corrected chi connectivity index (χ0v) is 12.3. The first-order chi connectivity index (χ1) is 9.29. The highest BCUT2D eigenvalue weighted by atomic mass is 35.5. The van der Waals surface area contributed by atoms with E-state index in [0.29, 0.717) is 6.61 Å². The fraction of sp³-hybridized carbons (Fsp3) is 0.188. The molecule has 1 aromatic heterocycles. The van der Waals surface area contributed by atoms with Crippen molar-refractivity contribution in [1.82, 2.24) is 4.98 Å². The van der Waals surface area contributed by atoms with Crippen LogP contribution < -0.4 is 9.64 Å². The van der Waals surface area contributed by atoms with Gasteiger partial charge in [-0.25, -0.2) is 0 Å². The van der Waals surface area contributed by atoms with E-state index in [1.807, 2.05) is 24.4 Å². The molecule has 0 aliphatic heterocycles.